The van der Waals surface area contributed by atoms with Gasteiger partial charge in [0.2, 0.25) is 0 Å². The molecule has 2 rings (SSSR count). The predicted molar refractivity (Wildman–Crippen MR) is 87.5 cm³/mol. The SMILES string of the molecule is CCN1CCCCC1CNC(=O)NCc1ccccc1CO. The minimum absolute atomic E-state index is 0.00694. The molecule has 1 fully saturated rings. The van der Waals surface area contributed by atoms with E-state index in [9.17, 15) is 9.90 Å². The summed E-state index contributed by atoms with van der Waals surface area (Å²) in [5.41, 5.74) is 1.81. The highest BCUT2D eigenvalue weighted by molar-refractivity contribution is 5.73. The molecule has 1 unspecified atom stereocenters. The number of hydrogen-bond donors (Lipinski definition) is 3. The highest BCUT2D eigenvalue weighted by atomic mass is 16.3. The van der Waals surface area contributed by atoms with Crippen LogP contribution < -0.4 is 10.6 Å². The summed E-state index contributed by atoms with van der Waals surface area (Å²) < 4.78 is 0. The van der Waals surface area contributed by atoms with Crippen molar-refractivity contribution < 1.29 is 9.90 Å². The average Bonchev–Trinajstić information content (AvgIpc) is 2.58. The molecule has 1 aliphatic heterocycles. The third-order valence-electron chi connectivity index (χ3n) is 4.38. The maximum absolute atomic E-state index is 12.0. The first-order valence-electron chi connectivity index (χ1n) is 8.18. The molecule has 0 radical (unpaired) electrons. The number of nitrogens with zero attached hydrogens (tertiary/aromatic N) is 1. The fraction of sp³-hybridized carbons (Fsp3) is 0.588. The van der Waals surface area contributed by atoms with Gasteiger partial charge in [-0.15, -0.1) is 0 Å². The molecule has 0 spiro atoms. The monoisotopic (exact) mass is 305 g/mol. The van der Waals surface area contributed by atoms with Crippen LogP contribution in [-0.4, -0.2) is 41.7 Å². The average molecular weight is 305 g/mol. The lowest BCUT2D eigenvalue weighted by molar-refractivity contribution is 0.153. The Balaban J connectivity index is 1.76. The van der Waals surface area contributed by atoms with E-state index < -0.39 is 0 Å². The number of piperidine rings is 1. The molecule has 122 valence electrons. The summed E-state index contributed by atoms with van der Waals surface area (Å²) in [5, 5.41) is 15.1. The number of aliphatic hydroxyl groups excluding tert-OH is 1. The van der Waals surface area contributed by atoms with Gasteiger partial charge in [0.15, 0.2) is 0 Å². The summed E-state index contributed by atoms with van der Waals surface area (Å²) in [6, 6.07) is 7.90. The van der Waals surface area contributed by atoms with Gasteiger partial charge in [-0.1, -0.05) is 37.6 Å². The zero-order valence-corrected chi connectivity index (χ0v) is 13.3. The molecule has 0 aliphatic carbocycles. The van der Waals surface area contributed by atoms with Crippen molar-refractivity contribution in [2.45, 2.75) is 45.4 Å². The van der Waals surface area contributed by atoms with Crippen LogP contribution in [0.5, 0.6) is 0 Å². The van der Waals surface area contributed by atoms with Crippen molar-refractivity contribution in [2.24, 2.45) is 0 Å². The lowest BCUT2D eigenvalue weighted by atomic mass is 10.0. The highest BCUT2D eigenvalue weighted by Crippen LogP contribution is 2.15. The number of aliphatic hydroxyl groups is 1. The molecule has 0 bridgehead atoms. The smallest absolute Gasteiger partial charge is 0.315 e. The lowest BCUT2D eigenvalue weighted by Gasteiger charge is -2.34. The number of nitrogens with one attached hydrogen (secondary N) is 2. The fourth-order valence-corrected chi connectivity index (χ4v) is 3.04. The Morgan fingerprint density at radius 2 is 2.05 bits per heavy atom. The van der Waals surface area contributed by atoms with Crippen molar-refractivity contribution >= 4 is 6.03 Å². The van der Waals surface area contributed by atoms with E-state index in [-0.39, 0.29) is 12.6 Å². The Morgan fingerprint density at radius 1 is 1.27 bits per heavy atom. The van der Waals surface area contributed by atoms with E-state index in [0.29, 0.717) is 19.1 Å². The molecule has 1 atom stereocenters. The third kappa shape index (κ3) is 4.71. The lowest BCUT2D eigenvalue weighted by Crippen LogP contribution is -2.48. The van der Waals surface area contributed by atoms with E-state index in [1.807, 2.05) is 24.3 Å². The summed E-state index contributed by atoms with van der Waals surface area (Å²) in [6.45, 7) is 5.47. The number of carbonyl (C=O) groups is 1. The number of amides is 2. The molecule has 3 N–H and O–H groups in total. The number of likely N-dealkylation sites (tertiary alicyclic amines) is 1. The Hall–Kier alpha value is -1.59. The maximum atomic E-state index is 12.0. The van der Waals surface area contributed by atoms with Crippen molar-refractivity contribution in [3.8, 4) is 0 Å². The van der Waals surface area contributed by atoms with Crippen molar-refractivity contribution in [2.75, 3.05) is 19.6 Å². The largest absolute Gasteiger partial charge is 0.392 e. The van der Waals surface area contributed by atoms with Gasteiger partial charge in [-0.05, 0) is 37.1 Å². The van der Waals surface area contributed by atoms with Crippen molar-refractivity contribution in [1.82, 2.24) is 15.5 Å². The van der Waals surface area contributed by atoms with Gasteiger partial charge in [-0.2, -0.15) is 0 Å². The van der Waals surface area contributed by atoms with Crippen LogP contribution in [0.15, 0.2) is 24.3 Å². The number of benzene rings is 1. The van der Waals surface area contributed by atoms with Gasteiger partial charge in [-0.3, -0.25) is 4.90 Å². The van der Waals surface area contributed by atoms with Crippen LogP contribution in [-0.2, 0) is 13.2 Å². The second kappa shape index (κ2) is 8.76. The molecule has 5 heteroatoms. The molecule has 0 saturated carbocycles. The van der Waals surface area contributed by atoms with Crippen LogP contribution in [0.1, 0.15) is 37.3 Å². The normalized spacial score (nSPS) is 18.9. The first-order chi connectivity index (χ1) is 10.7. The van der Waals surface area contributed by atoms with E-state index >= 15 is 0 Å². The second-order valence-corrected chi connectivity index (χ2v) is 5.77. The number of rotatable bonds is 6. The first-order valence-corrected chi connectivity index (χ1v) is 8.18. The van der Waals surface area contributed by atoms with Gasteiger partial charge in [0.25, 0.3) is 0 Å². The van der Waals surface area contributed by atoms with E-state index in [0.717, 1.165) is 30.6 Å². The zero-order valence-electron chi connectivity index (χ0n) is 13.3. The van der Waals surface area contributed by atoms with E-state index in [1.54, 1.807) is 0 Å². The number of likely N-dealkylation sites (N-methyl/N-ethyl adjacent to an activating group) is 1. The van der Waals surface area contributed by atoms with Crippen LogP contribution in [0.4, 0.5) is 4.79 Å². The predicted octanol–water partition coefficient (Wildman–Crippen LogP) is 1.85. The van der Waals surface area contributed by atoms with Gasteiger partial charge in [-0.25, -0.2) is 4.79 Å². The summed E-state index contributed by atoms with van der Waals surface area (Å²) in [5.74, 6) is 0. The molecule has 22 heavy (non-hydrogen) atoms. The molecule has 1 aromatic rings. The van der Waals surface area contributed by atoms with Gasteiger partial charge < -0.3 is 15.7 Å². The van der Waals surface area contributed by atoms with E-state index in [4.69, 9.17) is 0 Å². The molecular weight excluding hydrogens is 278 g/mol. The minimum atomic E-state index is -0.144. The van der Waals surface area contributed by atoms with Crippen molar-refractivity contribution in [3.63, 3.8) is 0 Å². The maximum Gasteiger partial charge on any atom is 0.315 e. The molecule has 0 aromatic heterocycles. The molecule has 2 amide bonds. The summed E-state index contributed by atoms with van der Waals surface area (Å²) in [7, 11) is 0. The van der Waals surface area contributed by atoms with Crippen molar-refractivity contribution in [1.29, 1.82) is 0 Å². The Morgan fingerprint density at radius 3 is 2.77 bits per heavy atom. The second-order valence-electron chi connectivity index (χ2n) is 5.77. The zero-order chi connectivity index (χ0) is 15.8. The standard InChI is InChI=1S/C17H27N3O2/c1-2-20-10-6-5-9-16(20)12-19-17(22)18-11-14-7-3-4-8-15(14)13-21/h3-4,7-8,16,21H,2,5-6,9-13H2,1H3,(H2,18,19,22). The van der Waals surface area contributed by atoms with Crippen LogP contribution in [0.3, 0.4) is 0 Å². The minimum Gasteiger partial charge on any atom is -0.392 e. The van der Waals surface area contributed by atoms with Crippen LogP contribution in [0.25, 0.3) is 0 Å². The summed E-state index contributed by atoms with van der Waals surface area (Å²) >= 11 is 0. The highest BCUT2D eigenvalue weighted by Gasteiger charge is 2.21. The van der Waals surface area contributed by atoms with Crippen molar-refractivity contribution in [3.05, 3.63) is 35.4 Å². The van der Waals surface area contributed by atoms with Gasteiger partial charge in [0.05, 0.1) is 6.61 Å². The quantitative estimate of drug-likeness (QED) is 0.751. The van der Waals surface area contributed by atoms with Crippen LogP contribution in [0, 0.1) is 0 Å². The van der Waals surface area contributed by atoms with E-state index in [1.165, 1.54) is 12.8 Å². The van der Waals surface area contributed by atoms with Gasteiger partial charge in [0.1, 0.15) is 0 Å². The molecule has 1 aromatic carbocycles. The van der Waals surface area contributed by atoms with E-state index in [2.05, 4.69) is 22.5 Å². The topological polar surface area (TPSA) is 64.6 Å². The van der Waals surface area contributed by atoms with Gasteiger partial charge in [0, 0.05) is 19.1 Å². The first kappa shape index (κ1) is 16.8. The van der Waals surface area contributed by atoms with Crippen LogP contribution in [0.2, 0.25) is 0 Å². The number of carbonyl (C=O) groups excluding carboxylic acids is 1. The third-order valence-corrected chi connectivity index (χ3v) is 4.38. The Bertz CT molecular complexity index is 479. The molecule has 1 saturated heterocycles. The summed E-state index contributed by atoms with van der Waals surface area (Å²) in [4.78, 5) is 14.4. The number of hydrogen-bond acceptors (Lipinski definition) is 3. The molecular formula is C17H27N3O2. The summed E-state index contributed by atoms with van der Waals surface area (Å²) in [6.07, 6.45) is 3.66. The molecule has 5 nitrogen and oxygen atoms in total. The number of urea groups is 1. The van der Waals surface area contributed by atoms with Crippen LogP contribution >= 0.6 is 0 Å². The fourth-order valence-electron chi connectivity index (χ4n) is 3.04. The Kier molecular flexibility index (Phi) is 6.68. The Labute approximate surface area is 132 Å². The van der Waals surface area contributed by atoms with Gasteiger partial charge >= 0.3 is 6.03 Å². The molecule has 1 heterocycles. The molecule has 1 aliphatic rings.